The van der Waals surface area contributed by atoms with Crippen LogP contribution in [0.15, 0.2) is 36.4 Å². The summed E-state index contributed by atoms with van der Waals surface area (Å²) in [7, 11) is 4.51. The molecular formula is C19H20O6. The van der Waals surface area contributed by atoms with E-state index in [2.05, 4.69) is 0 Å². The summed E-state index contributed by atoms with van der Waals surface area (Å²) >= 11 is 0. The number of Topliss-reactive ketones (excluding diaryl/α,β-unsaturated/α-hetero) is 2. The Morgan fingerprint density at radius 2 is 1.28 bits per heavy atom. The molecule has 0 spiro atoms. The highest BCUT2D eigenvalue weighted by molar-refractivity contribution is 5.98. The van der Waals surface area contributed by atoms with Gasteiger partial charge in [-0.15, -0.1) is 0 Å². The number of methoxy groups -OCH3 is 3. The van der Waals surface area contributed by atoms with Crippen molar-refractivity contribution in [2.45, 2.75) is 6.92 Å². The molecule has 0 saturated heterocycles. The second-order valence-electron chi connectivity index (χ2n) is 5.20. The Hall–Kier alpha value is -3.02. The molecule has 0 aliphatic rings. The fourth-order valence-corrected chi connectivity index (χ4v) is 2.24. The van der Waals surface area contributed by atoms with Crippen molar-refractivity contribution in [2.75, 3.05) is 27.9 Å². The number of carbonyl (C=O) groups excluding carboxylic acids is 2. The lowest BCUT2D eigenvalue weighted by Crippen LogP contribution is -2.12. The molecule has 0 bridgehead atoms. The lowest BCUT2D eigenvalue weighted by Gasteiger charge is -2.12. The van der Waals surface area contributed by atoms with E-state index < -0.39 is 0 Å². The van der Waals surface area contributed by atoms with E-state index in [9.17, 15) is 9.59 Å². The van der Waals surface area contributed by atoms with Crippen molar-refractivity contribution in [1.29, 1.82) is 0 Å². The molecule has 0 amide bonds. The Morgan fingerprint density at radius 1 is 0.760 bits per heavy atom. The van der Waals surface area contributed by atoms with Crippen LogP contribution in [0.2, 0.25) is 0 Å². The van der Waals surface area contributed by atoms with Gasteiger partial charge in [-0.2, -0.15) is 0 Å². The van der Waals surface area contributed by atoms with Gasteiger partial charge in [0.15, 0.2) is 41.2 Å². The Kier molecular flexibility index (Phi) is 6.00. The van der Waals surface area contributed by atoms with E-state index in [1.807, 2.05) is 0 Å². The number of rotatable bonds is 8. The average molecular weight is 344 g/mol. The van der Waals surface area contributed by atoms with Crippen molar-refractivity contribution in [1.82, 2.24) is 0 Å². The Balaban J connectivity index is 2.13. The summed E-state index contributed by atoms with van der Waals surface area (Å²) < 4.78 is 21.1. The van der Waals surface area contributed by atoms with Crippen LogP contribution in [0.4, 0.5) is 0 Å². The highest BCUT2D eigenvalue weighted by atomic mass is 16.5. The second kappa shape index (κ2) is 8.19. The minimum Gasteiger partial charge on any atom is -0.493 e. The molecule has 2 rings (SSSR count). The van der Waals surface area contributed by atoms with Crippen LogP contribution in [0.3, 0.4) is 0 Å². The predicted octanol–water partition coefficient (Wildman–Crippen LogP) is 3.18. The summed E-state index contributed by atoms with van der Waals surface area (Å²) in [6.07, 6.45) is 0. The first-order valence-electron chi connectivity index (χ1n) is 7.57. The molecule has 0 atom stereocenters. The number of hydrogen-bond acceptors (Lipinski definition) is 6. The van der Waals surface area contributed by atoms with Crippen LogP contribution in [0, 0.1) is 0 Å². The van der Waals surface area contributed by atoms with Gasteiger partial charge in [-0.1, -0.05) is 0 Å². The first kappa shape index (κ1) is 18.3. The molecule has 0 N–H and O–H groups in total. The van der Waals surface area contributed by atoms with Crippen molar-refractivity contribution in [3.8, 4) is 23.0 Å². The lowest BCUT2D eigenvalue weighted by atomic mass is 10.1. The monoisotopic (exact) mass is 344 g/mol. The number of benzene rings is 2. The van der Waals surface area contributed by atoms with Crippen molar-refractivity contribution < 1.29 is 28.5 Å². The highest BCUT2D eigenvalue weighted by Gasteiger charge is 2.14. The fourth-order valence-electron chi connectivity index (χ4n) is 2.24. The molecule has 0 fully saturated rings. The van der Waals surface area contributed by atoms with Crippen LogP contribution in [0.5, 0.6) is 23.0 Å². The van der Waals surface area contributed by atoms with Crippen molar-refractivity contribution >= 4 is 11.6 Å². The van der Waals surface area contributed by atoms with Gasteiger partial charge in [0.2, 0.25) is 0 Å². The molecule has 0 aromatic heterocycles. The van der Waals surface area contributed by atoms with Crippen LogP contribution in [-0.4, -0.2) is 39.5 Å². The smallest absolute Gasteiger partial charge is 0.200 e. The summed E-state index contributed by atoms with van der Waals surface area (Å²) in [5, 5.41) is 0. The first-order chi connectivity index (χ1) is 12.0. The minimum atomic E-state index is -0.223. The van der Waals surface area contributed by atoms with E-state index in [-0.39, 0.29) is 18.2 Å². The van der Waals surface area contributed by atoms with Crippen LogP contribution in [-0.2, 0) is 0 Å². The number of ether oxygens (including phenoxy) is 4. The molecule has 0 aliphatic heterocycles. The van der Waals surface area contributed by atoms with Crippen molar-refractivity contribution in [2.24, 2.45) is 0 Å². The Morgan fingerprint density at radius 3 is 1.88 bits per heavy atom. The SMILES string of the molecule is COc1ccc(C(=O)COc2ccc(C(C)=O)cc2OC)cc1OC. The van der Waals surface area contributed by atoms with E-state index in [4.69, 9.17) is 18.9 Å². The lowest BCUT2D eigenvalue weighted by molar-refractivity contribution is 0.0918. The Bertz CT molecular complexity index is 781. The molecule has 0 aliphatic carbocycles. The van der Waals surface area contributed by atoms with Gasteiger partial charge in [-0.25, -0.2) is 0 Å². The maximum absolute atomic E-state index is 12.3. The van der Waals surface area contributed by atoms with Crippen molar-refractivity contribution in [3.05, 3.63) is 47.5 Å². The van der Waals surface area contributed by atoms with Gasteiger partial charge in [0.25, 0.3) is 0 Å². The third-order valence-electron chi connectivity index (χ3n) is 3.63. The molecule has 0 heterocycles. The normalized spacial score (nSPS) is 10.1. The molecule has 6 nitrogen and oxygen atoms in total. The zero-order chi connectivity index (χ0) is 18.4. The van der Waals surface area contributed by atoms with Gasteiger partial charge in [0.05, 0.1) is 21.3 Å². The number of hydrogen-bond donors (Lipinski definition) is 0. The second-order valence-corrected chi connectivity index (χ2v) is 5.20. The van der Waals surface area contributed by atoms with Crippen LogP contribution < -0.4 is 18.9 Å². The van der Waals surface area contributed by atoms with E-state index in [0.717, 1.165) is 0 Å². The van der Waals surface area contributed by atoms with Crippen LogP contribution in [0.1, 0.15) is 27.6 Å². The van der Waals surface area contributed by atoms with Gasteiger partial charge in [0, 0.05) is 11.1 Å². The third-order valence-corrected chi connectivity index (χ3v) is 3.63. The third kappa shape index (κ3) is 4.29. The van der Waals surface area contributed by atoms with Gasteiger partial charge >= 0.3 is 0 Å². The summed E-state index contributed by atoms with van der Waals surface area (Å²) in [5.74, 6) is 1.50. The molecule has 25 heavy (non-hydrogen) atoms. The average Bonchev–Trinajstić information content (AvgIpc) is 2.65. The van der Waals surface area contributed by atoms with Gasteiger partial charge in [-0.05, 0) is 43.3 Å². The van der Waals surface area contributed by atoms with Gasteiger partial charge in [0.1, 0.15) is 0 Å². The van der Waals surface area contributed by atoms with E-state index in [0.29, 0.717) is 34.1 Å². The minimum absolute atomic E-state index is 0.0775. The van der Waals surface area contributed by atoms with Crippen LogP contribution >= 0.6 is 0 Å². The maximum atomic E-state index is 12.3. The summed E-state index contributed by atoms with van der Waals surface area (Å²) in [6.45, 7) is 1.29. The molecule has 0 saturated carbocycles. The standard InChI is InChI=1S/C19H20O6/c1-12(20)13-5-8-17(19(9-13)24-4)25-11-15(21)14-6-7-16(22-2)18(10-14)23-3/h5-10H,11H2,1-4H3. The molecule has 0 radical (unpaired) electrons. The topological polar surface area (TPSA) is 71.1 Å². The van der Waals surface area contributed by atoms with E-state index >= 15 is 0 Å². The molecule has 2 aromatic carbocycles. The van der Waals surface area contributed by atoms with Crippen molar-refractivity contribution in [3.63, 3.8) is 0 Å². The zero-order valence-corrected chi connectivity index (χ0v) is 14.6. The maximum Gasteiger partial charge on any atom is 0.200 e. The molecule has 132 valence electrons. The Labute approximate surface area is 146 Å². The summed E-state index contributed by atoms with van der Waals surface area (Å²) in [5.41, 5.74) is 0.951. The number of ketones is 2. The van der Waals surface area contributed by atoms with Gasteiger partial charge < -0.3 is 18.9 Å². The molecule has 2 aromatic rings. The fraction of sp³-hybridized carbons (Fsp3) is 0.263. The van der Waals surface area contributed by atoms with E-state index in [1.54, 1.807) is 36.4 Å². The molecular weight excluding hydrogens is 324 g/mol. The molecule has 6 heteroatoms. The van der Waals surface area contributed by atoms with Crippen LogP contribution in [0.25, 0.3) is 0 Å². The largest absolute Gasteiger partial charge is 0.493 e. The first-order valence-corrected chi connectivity index (χ1v) is 7.57. The van der Waals surface area contributed by atoms with E-state index in [1.165, 1.54) is 28.3 Å². The summed E-state index contributed by atoms with van der Waals surface area (Å²) in [4.78, 5) is 23.8. The predicted molar refractivity (Wildman–Crippen MR) is 92.4 cm³/mol. The van der Waals surface area contributed by atoms with Gasteiger partial charge in [-0.3, -0.25) is 9.59 Å². The zero-order valence-electron chi connectivity index (χ0n) is 14.6. The summed E-state index contributed by atoms with van der Waals surface area (Å²) in [6, 6.07) is 9.72. The quantitative estimate of drug-likeness (QED) is 0.685. The number of carbonyl (C=O) groups is 2. The highest BCUT2D eigenvalue weighted by Crippen LogP contribution is 2.30. The molecule has 0 unspecified atom stereocenters.